The van der Waals surface area contributed by atoms with Crippen molar-refractivity contribution in [1.29, 1.82) is 0 Å². The molecular formula is C15H15ClN2O. The van der Waals surface area contributed by atoms with Gasteiger partial charge in [-0.15, -0.1) is 11.6 Å². The lowest BCUT2D eigenvalue weighted by atomic mass is 10.1. The van der Waals surface area contributed by atoms with Crippen molar-refractivity contribution in [3.05, 3.63) is 59.4 Å². The lowest BCUT2D eigenvalue weighted by Crippen LogP contribution is -2.13. The maximum atomic E-state index is 12.2. The number of amides is 1. The zero-order valence-corrected chi connectivity index (χ0v) is 11.6. The first kappa shape index (κ1) is 13.6. The van der Waals surface area contributed by atoms with E-state index >= 15 is 0 Å². The highest BCUT2D eigenvalue weighted by molar-refractivity contribution is 6.21. The van der Waals surface area contributed by atoms with E-state index in [9.17, 15) is 4.79 Å². The lowest BCUT2D eigenvalue weighted by Gasteiger charge is -2.12. The number of hydrogen-bond donors (Lipinski definition) is 1. The first-order valence-electron chi connectivity index (χ1n) is 6.05. The number of aryl methyl sites for hydroxylation is 1. The molecule has 0 aliphatic heterocycles. The number of hydrogen-bond acceptors (Lipinski definition) is 2. The summed E-state index contributed by atoms with van der Waals surface area (Å²) < 4.78 is 0. The smallest absolute Gasteiger partial charge is 0.255 e. The van der Waals surface area contributed by atoms with Gasteiger partial charge in [-0.3, -0.25) is 9.78 Å². The van der Waals surface area contributed by atoms with Crippen LogP contribution < -0.4 is 5.32 Å². The van der Waals surface area contributed by atoms with Crippen LogP contribution in [0, 0.1) is 6.92 Å². The highest BCUT2D eigenvalue weighted by Crippen LogP contribution is 2.27. The number of carbonyl (C=O) groups excluding carboxylic acids is 1. The van der Waals surface area contributed by atoms with Crippen LogP contribution in [0.15, 0.2) is 42.6 Å². The monoisotopic (exact) mass is 274 g/mol. The topological polar surface area (TPSA) is 42.0 Å². The van der Waals surface area contributed by atoms with Gasteiger partial charge < -0.3 is 5.32 Å². The molecule has 0 aliphatic rings. The maximum absolute atomic E-state index is 12.2. The fraction of sp³-hybridized carbons (Fsp3) is 0.200. The van der Waals surface area contributed by atoms with Gasteiger partial charge in [0.2, 0.25) is 0 Å². The number of carbonyl (C=O) groups is 1. The predicted octanol–water partition coefficient (Wildman–Crippen LogP) is 3.94. The van der Waals surface area contributed by atoms with E-state index in [-0.39, 0.29) is 11.3 Å². The van der Waals surface area contributed by atoms with E-state index in [0.717, 1.165) is 16.9 Å². The normalized spacial score (nSPS) is 11.9. The molecule has 0 radical (unpaired) electrons. The molecular weight excluding hydrogens is 260 g/mol. The van der Waals surface area contributed by atoms with Gasteiger partial charge in [-0.2, -0.15) is 0 Å². The summed E-state index contributed by atoms with van der Waals surface area (Å²) >= 11 is 6.10. The van der Waals surface area contributed by atoms with E-state index in [0.29, 0.717) is 5.56 Å². The van der Waals surface area contributed by atoms with Crippen molar-refractivity contribution >= 4 is 23.2 Å². The van der Waals surface area contributed by atoms with Crippen LogP contribution >= 0.6 is 11.6 Å². The van der Waals surface area contributed by atoms with E-state index in [4.69, 9.17) is 11.6 Å². The van der Waals surface area contributed by atoms with E-state index in [1.54, 1.807) is 18.3 Å². The molecule has 0 aliphatic carbocycles. The summed E-state index contributed by atoms with van der Waals surface area (Å²) in [4.78, 5) is 16.2. The Hall–Kier alpha value is -1.87. The summed E-state index contributed by atoms with van der Waals surface area (Å²) in [6.45, 7) is 3.73. The molecule has 1 amide bonds. The van der Waals surface area contributed by atoms with Crippen molar-refractivity contribution in [2.24, 2.45) is 0 Å². The lowest BCUT2D eigenvalue weighted by molar-refractivity contribution is 0.102. The molecule has 1 heterocycles. The second-order valence-electron chi connectivity index (χ2n) is 4.34. The van der Waals surface area contributed by atoms with Crippen LogP contribution in [0.25, 0.3) is 0 Å². The minimum Gasteiger partial charge on any atom is -0.322 e. The van der Waals surface area contributed by atoms with Crippen LogP contribution in [0.2, 0.25) is 0 Å². The van der Waals surface area contributed by atoms with E-state index in [2.05, 4.69) is 10.3 Å². The van der Waals surface area contributed by atoms with Crippen LogP contribution in [0.3, 0.4) is 0 Å². The summed E-state index contributed by atoms with van der Waals surface area (Å²) in [7, 11) is 0. The van der Waals surface area contributed by atoms with Gasteiger partial charge in [-0.05, 0) is 37.6 Å². The highest BCUT2D eigenvalue weighted by Gasteiger charge is 2.11. The minimum atomic E-state index is -0.157. The molecule has 0 spiro atoms. The molecule has 3 nitrogen and oxygen atoms in total. The third kappa shape index (κ3) is 3.32. The third-order valence-corrected chi connectivity index (χ3v) is 3.03. The molecule has 1 N–H and O–H groups in total. The van der Waals surface area contributed by atoms with E-state index in [1.165, 1.54) is 0 Å². The van der Waals surface area contributed by atoms with Crippen LogP contribution in [0.1, 0.15) is 33.9 Å². The molecule has 0 bridgehead atoms. The fourth-order valence-electron chi connectivity index (χ4n) is 1.84. The Morgan fingerprint density at radius 3 is 2.74 bits per heavy atom. The first-order chi connectivity index (χ1) is 9.08. The Bertz CT molecular complexity index is 596. The van der Waals surface area contributed by atoms with Crippen LogP contribution in [0.5, 0.6) is 0 Å². The van der Waals surface area contributed by atoms with E-state index < -0.39 is 0 Å². The molecule has 19 heavy (non-hydrogen) atoms. The molecule has 0 saturated heterocycles. The second kappa shape index (κ2) is 5.85. The summed E-state index contributed by atoms with van der Waals surface area (Å²) in [6, 6.07) is 11.0. The SMILES string of the molecule is Cc1cc(C(=O)Nc2ccccc2C(C)Cl)ccn1. The number of anilines is 1. The quantitative estimate of drug-likeness (QED) is 0.862. The van der Waals surface area contributed by atoms with Crippen molar-refractivity contribution in [3.8, 4) is 0 Å². The molecule has 2 aromatic rings. The van der Waals surface area contributed by atoms with Crippen molar-refractivity contribution in [2.75, 3.05) is 5.32 Å². The Balaban J connectivity index is 2.24. The average molecular weight is 275 g/mol. The van der Waals surface area contributed by atoms with Crippen LogP contribution in [-0.2, 0) is 0 Å². The Morgan fingerprint density at radius 2 is 2.05 bits per heavy atom. The number of halogens is 1. The molecule has 0 fully saturated rings. The zero-order valence-electron chi connectivity index (χ0n) is 10.9. The van der Waals surface area contributed by atoms with Gasteiger partial charge in [0.1, 0.15) is 0 Å². The standard InChI is InChI=1S/C15H15ClN2O/c1-10-9-12(7-8-17-10)15(19)18-14-6-4-3-5-13(14)11(2)16/h3-9,11H,1-2H3,(H,18,19). The van der Waals surface area contributed by atoms with Crippen molar-refractivity contribution in [2.45, 2.75) is 19.2 Å². The molecule has 1 unspecified atom stereocenters. The Morgan fingerprint density at radius 1 is 1.32 bits per heavy atom. The maximum Gasteiger partial charge on any atom is 0.255 e. The average Bonchev–Trinajstić information content (AvgIpc) is 2.39. The van der Waals surface area contributed by atoms with Gasteiger partial charge in [-0.25, -0.2) is 0 Å². The fourth-order valence-corrected chi connectivity index (χ4v) is 2.03. The number of pyridine rings is 1. The van der Waals surface area contributed by atoms with Crippen LogP contribution in [0.4, 0.5) is 5.69 Å². The van der Waals surface area contributed by atoms with Gasteiger partial charge in [0.15, 0.2) is 0 Å². The minimum absolute atomic E-state index is 0.157. The van der Waals surface area contributed by atoms with Gasteiger partial charge in [0.05, 0.1) is 5.38 Å². The van der Waals surface area contributed by atoms with Crippen LogP contribution in [-0.4, -0.2) is 10.9 Å². The number of nitrogens with one attached hydrogen (secondary N) is 1. The first-order valence-corrected chi connectivity index (χ1v) is 6.48. The van der Waals surface area contributed by atoms with E-state index in [1.807, 2.05) is 38.1 Å². The van der Waals surface area contributed by atoms with Crippen molar-refractivity contribution in [3.63, 3.8) is 0 Å². The summed E-state index contributed by atoms with van der Waals surface area (Å²) in [5, 5.41) is 2.73. The third-order valence-electron chi connectivity index (χ3n) is 2.80. The molecule has 98 valence electrons. The van der Waals surface area contributed by atoms with Gasteiger partial charge >= 0.3 is 0 Å². The summed E-state index contributed by atoms with van der Waals surface area (Å²) in [5.74, 6) is -0.157. The van der Waals surface area contributed by atoms with Gasteiger partial charge in [0, 0.05) is 23.1 Å². The summed E-state index contributed by atoms with van der Waals surface area (Å²) in [5.41, 5.74) is 3.05. The van der Waals surface area contributed by atoms with Gasteiger partial charge in [-0.1, -0.05) is 18.2 Å². The number of aromatic nitrogens is 1. The molecule has 0 saturated carbocycles. The number of para-hydroxylation sites is 1. The Kier molecular flexibility index (Phi) is 4.17. The molecule has 4 heteroatoms. The number of benzene rings is 1. The number of alkyl halides is 1. The number of rotatable bonds is 3. The largest absolute Gasteiger partial charge is 0.322 e. The zero-order chi connectivity index (χ0) is 13.8. The Labute approximate surface area is 117 Å². The van der Waals surface area contributed by atoms with Crippen molar-refractivity contribution < 1.29 is 4.79 Å². The second-order valence-corrected chi connectivity index (χ2v) is 5.00. The molecule has 1 aromatic carbocycles. The molecule has 1 atom stereocenters. The number of nitrogens with zero attached hydrogens (tertiary/aromatic N) is 1. The highest BCUT2D eigenvalue weighted by atomic mass is 35.5. The predicted molar refractivity (Wildman–Crippen MR) is 77.6 cm³/mol. The molecule has 2 rings (SSSR count). The molecule has 1 aromatic heterocycles. The van der Waals surface area contributed by atoms with Crippen molar-refractivity contribution in [1.82, 2.24) is 4.98 Å². The van der Waals surface area contributed by atoms with Gasteiger partial charge in [0.25, 0.3) is 5.91 Å². The summed E-state index contributed by atoms with van der Waals surface area (Å²) in [6.07, 6.45) is 1.63.